The zero-order chi connectivity index (χ0) is 12.0. The van der Waals surface area contributed by atoms with Crippen molar-refractivity contribution in [3.05, 3.63) is 0 Å². The van der Waals surface area contributed by atoms with Crippen molar-refractivity contribution in [2.45, 2.75) is 27.7 Å². The van der Waals surface area contributed by atoms with Gasteiger partial charge in [0.1, 0.15) is 0 Å². The lowest BCUT2D eigenvalue weighted by atomic mass is 9.70. The standard InChI is InChI=1S/C9H15N3O3/c1-8(2)5(13)12(15-7(10)11)6(14)9(8,3)4/h1-4H3,(H3,10,11)/p+1. The molecule has 0 saturated carbocycles. The van der Waals surface area contributed by atoms with E-state index in [4.69, 9.17) is 16.0 Å². The van der Waals surface area contributed by atoms with E-state index in [9.17, 15) is 9.59 Å². The van der Waals surface area contributed by atoms with Gasteiger partial charge in [0.2, 0.25) is 0 Å². The number of amidine groups is 1. The average Bonchev–Trinajstić information content (AvgIpc) is 2.18. The molecular weight excluding hydrogens is 198 g/mol. The summed E-state index contributed by atoms with van der Waals surface area (Å²) in [6, 6.07) is -0.426. The molecule has 1 saturated heterocycles. The summed E-state index contributed by atoms with van der Waals surface area (Å²) >= 11 is 0. The molecule has 4 N–H and O–H groups in total. The fourth-order valence-corrected chi connectivity index (χ4v) is 1.32. The number of nitrogens with zero attached hydrogens (tertiary/aromatic N) is 1. The molecule has 0 bridgehead atoms. The summed E-state index contributed by atoms with van der Waals surface area (Å²) in [5.74, 6) is -0.878. The van der Waals surface area contributed by atoms with Gasteiger partial charge in [-0.05, 0) is 27.7 Å². The fraction of sp³-hybridized carbons (Fsp3) is 0.667. The Balaban J connectivity index is 3.12. The Hall–Kier alpha value is -1.59. The molecule has 0 unspecified atom stereocenters. The summed E-state index contributed by atoms with van der Waals surface area (Å²) in [6.07, 6.45) is 0. The van der Waals surface area contributed by atoms with Crippen molar-refractivity contribution in [1.29, 1.82) is 0 Å². The van der Waals surface area contributed by atoms with E-state index in [1.54, 1.807) is 27.7 Å². The van der Waals surface area contributed by atoms with Crippen LogP contribution in [0.2, 0.25) is 0 Å². The highest BCUT2D eigenvalue weighted by molar-refractivity contribution is 6.08. The molecule has 1 aliphatic heterocycles. The number of hydroxylamine groups is 2. The molecule has 1 aliphatic rings. The number of carbonyl (C=O) groups is 2. The van der Waals surface area contributed by atoms with Gasteiger partial charge in [-0.25, -0.2) is 0 Å². The first-order valence-corrected chi connectivity index (χ1v) is 4.57. The first-order chi connectivity index (χ1) is 6.62. The van der Waals surface area contributed by atoms with Crippen molar-refractivity contribution >= 4 is 17.8 Å². The van der Waals surface area contributed by atoms with Crippen molar-refractivity contribution in [3.8, 4) is 0 Å². The molecule has 0 aliphatic carbocycles. The van der Waals surface area contributed by atoms with Gasteiger partial charge in [-0.3, -0.25) is 25.6 Å². The minimum absolute atomic E-state index is 0.426. The lowest BCUT2D eigenvalue weighted by Gasteiger charge is -2.27. The van der Waals surface area contributed by atoms with Crippen LogP contribution in [0.5, 0.6) is 0 Å². The molecule has 2 amide bonds. The summed E-state index contributed by atoms with van der Waals surface area (Å²) < 4.78 is 0. The van der Waals surface area contributed by atoms with Crippen LogP contribution in [0.1, 0.15) is 27.7 Å². The molecule has 15 heavy (non-hydrogen) atoms. The molecule has 6 nitrogen and oxygen atoms in total. The van der Waals surface area contributed by atoms with Crippen molar-refractivity contribution in [2.24, 2.45) is 16.6 Å². The molecule has 0 aromatic heterocycles. The van der Waals surface area contributed by atoms with Crippen LogP contribution in [0.4, 0.5) is 0 Å². The van der Waals surface area contributed by atoms with Gasteiger partial charge in [0, 0.05) is 0 Å². The first-order valence-electron chi connectivity index (χ1n) is 4.57. The van der Waals surface area contributed by atoms with E-state index in [1.165, 1.54) is 0 Å². The highest BCUT2D eigenvalue weighted by Crippen LogP contribution is 2.47. The van der Waals surface area contributed by atoms with Gasteiger partial charge in [-0.15, -0.1) is 0 Å². The smallest absolute Gasteiger partial charge is 0.292 e. The second kappa shape index (κ2) is 2.95. The van der Waals surface area contributed by atoms with Gasteiger partial charge in [0.15, 0.2) is 0 Å². The highest BCUT2D eigenvalue weighted by atomic mass is 16.7. The summed E-state index contributed by atoms with van der Waals surface area (Å²) in [5, 5.41) is 5.73. The maximum atomic E-state index is 11.8. The number of imide groups is 1. The van der Waals surface area contributed by atoms with Crippen molar-refractivity contribution in [1.82, 2.24) is 5.06 Å². The molecule has 0 atom stereocenters. The lowest BCUT2D eigenvalue weighted by molar-refractivity contribution is -0.199. The van der Waals surface area contributed by atoms with Crippen LogP contribution >= 0.6 is 0 Å². The zero-order valence-corrected chi connectivity index (χ0v) is 9.33. The molecule has 6 heteroatoms. The Kier molecular flexibility index (Phi) is 2.26. The van der Waals surface area contributed by atoms with Crippen LogP contribution in [0.3, 0.4) is 0 Å². The number of nitrogens with two attached hydrogens (primary N) is 2. The Labute approximate surface area is 87.8 Å². The quantitative estimate of drug-likeness (QED) is 0.312. The van der Waals surface area contributed by atoms with E-state index in [0.717, 1.165) is 0 Å². The summed E-state index contributed by atoms with van der Waals surface area (Å²) in [4.78, 5) is 28.4. The van der Waals surface area contributed by atoms with E-state index in [1.807, 2.05) is 0 Å². The molecule has 0 aromatic carbocycles. The van der Waals surface area contributed by atoms with Crippen molar-refractivity contribution < 1.29 is 19.8 Å². The summed E-state index contributed by atoms with van der Waals surface area (Å²) in [6.45, 7) is 6.74. The van der Waals surface area contributed by atoms with E-state index >= 15 is 0 Å². The van der Waals surface area contributed by atoms with E-state index in [-0.39, 0.29) is 0 Å². The summed E-state index contributed by atoms with van der Waals surface area (Å²) in [7, 11) is 0. The Bertz CT molecular complexity index is 321. The minimum Gasteiger partial charge on any atom is -0.292 e. The fourth-order valence-electron chi connectivity index (χ4n) is 1.32. The molecule has 0 radical (unpaired) electrons. The monoisotopic (exact) mass is 214 g/mol. The Morgan fingerprint density at radius 2 is 1.53 bits per heavy atom. The third kappa shape index (κ3) is 1.36. The van der Waals surface area contributed by atoms with Crippen LogP contribution < -0.4 is 11.1 Å². The second-order valence-electron chi connectivity index (χ2n) is 4.65. The number of hydrogen-bond acceptors (Lipinski definition) is 3. The molecule has 1 rings (SSSR count). The van der Waals surface area contributed by atoms with Gasteiger partial charge in [-0.2, -0.15) is 0 Å². The van der Waals surface area contributed by atoms with E-state index in [2.05, 4.69) is 0 Å². The predicted molar refractivity (Wildman–Crippen MR) is 51.6 cm³/mol. The third-order valence-corrected chi connectivity index (χ3v) is 3.20. The van der Waals surface area contributed by atoms with E-state index in [0.29, 0.717) is 5.06 Å². The second-order valence-corrected chi connectivity index (χ2v) is 4.65. The molecule has 0 aromatic rings. The van der Waals surface area contributed by atoms with Crippen LogP contribution in [-0.4, -0.2) is 22.9 Å². The number of carbonyl (C=O) groups excluding carboxylic acids is 2. The number of hydrogen-bond donors (Lipinski definition) is 2. The van der Waals surface area contributed by atoms with Gasteiger partial charge < -0.3 is 0 Å². The van der Waals surface area contributed by atoms with Gasteiger partial charge in [-0.1, -0.05) is 5.06 Å². The SMILES string of the molecule is CC1(C)C(=O)N(OC(N)=[NH2+])C(=O)C1(C)C. The van der Waals surface area contributed by atoms with Gasteiger partial charge in [0.05, 0.1) is 10.8 Å². The van der Waals surface area contributed by atoms with Crippen molar-refractivity contribution in [2.75, 3.05) is 0 Å². The Morgan fingerprint density at radius 1 is 1.20 bits per heavy atom. The highest BCUT2D eigenvalue weighted by Gasteiger charge is 2.61. The zero-order valence-electron chi connectivity index (χ0n) is 9.33. The van der Waals surface area contributed by atoms with Crippen molar-refractivity contribution in [3.63, 3.8) is 0 Å². The van der Waals surface area contributed by atoms with Gasteiger partial charge in [0.25, 0.3) is 11.8 Å². The first kappa shape index (κ1) is 11.5. The minimum atomic E-state index is -0.834. The molecule has 1 heterocycles. The largest absolute Gasteiger partial charge is 0.462 e. The molecule has 0 spiro atoms. The maximum absolute atomic E-state index is 11.8. The summed E-state index contributed by atoms with van der Waals surface area (Å²) in [5.41, 5.74) is 3.43. The van der Waals surface area contributed by atoms with Gasteiger partial charge >= 0.3 is 6.02 Å². The number of amides is 2. The lowest BCUT2D eigenvalue weighted by Crippen LogP contribution is -2.52. The third-order valence-electron chi connectivity index (χ3n) is 3.20. The van der Waals surface area contributed by atoms with Crippen LogP contribution in [-0.2, 0) is 14.4 Å². The Morgan fingerprint density at radius 3 is 1.80 bits per heavy atom. The van der Waals surface area contributed by atoms with Crippen LogP contribution in [0.15, 0.2) is 0 Å². The average molecular weight is 214 g/mol. The topological polar surface area (TPSA) is 98.2 Å². The normalized spacial score (nSPS) is 23.1. The van der Waals surface area contributed by atoms with Crippen LogP contribution in [0.25, 0.3) is 0 Å². The maximum Gasteiger partial charge on any atom is 0.462 e. The van der Waals surface area contributed by atoms with Crippen LogP contribution in [0, 0.1) is 10.8 Å². The van der Waals surface area contributed by atoms with E-state index < -0.39 is 28.7 Å². The molecular formula is C9H16N3O3+. The predicted octanol–water partition coefficient (Wildman–Crippen LogP) is -1.59. The molecule has 84 valence electrons. The molecule has 1 fully saturated rings. The number of rotatable bonds is 1.